The van der Waals surface area contributed by atoms with Crippen LogP contribution in [0.1, 0.15) is 66.8 Å². The number of carbonyl (C=O) groups excluding carboxylic acids is 2. The number of carbonyl (C=O) groups is 2. The van der Waals surface area contributed by atoms with E-state index in [4.69, 9.17) is 15.2 Å². The molecule has 1 unspecified atom stereocenters. The van der Waals surface area contributed by atoms with Gasteiger partial charge in [0.25, 0.3) is 5.56 Å². The maximum absolute atomic E-state index is 16.1. The van der Waals surface area contributed by atoms with Crippen molar-refractivity contribution >= 4 is 34.5 Å². The minimum absolute atomic E-state index is 0.0446. The van der Waals surface area contributed by atoms with Gasteiger partial charge >= 0.3 is 17.9 Å². The molecule has 14 heteroatoms. The number of rotatable bonds is 4. The smallest absolute Gasteiger partial charge is 0.427 e. The van der Waals surface area contributed by atoms with E-state index in [1.54, 1.807) is 41.5 Å². The molecule has 4 rings (SSSR count). The van der Waals surface area contributed by atoms with Gasteiger partial charge in [0.15, 0.2) is 11.6 Å². The number of aromatic nitrogens is 2. The fourth-order valence-corrected chi connectivity index (χ4v) is 4.52. The van der Waals surface area contributed by atoms with Crippen LogP contribution in [0, 0.1) is 11.6 Å². The van der Waals surface area contributed by atoms with E-state index in [1.807, 2.05) is 0 Å². The zero-order chi connectivity index (χ0) is 29.0. The number of anilines is 2. The molecule has 0 spiro atoms. The molecule has 1 aromatic carbocycles. The van der Waals surface area contributed by atoms with Gasteiger partial charge in [0.05, 0.1) is 22.6 Å². The Labute approximate surface area is 223 Å². The Bertz CT molecular complexity index is 1450. The second-order valence-corrected chi connectivity index (χ2v) is 11.8. The van der Waals surface area contributed by atoms with Crippen molar-refractivity contribution in [2.24, 2.45) is 0 Å². The number of ether oxygens (including phenoxy) is 2. The molecular formula is C25H34F2N6O6. The molecule has 1 aromatic heterocycles. The van der Waals surface area contributed by atoms with Crippen LogP contribution in [0.2, 0.25) is 0 Å². The summed E-state index contributed by atoms with van der Waals surface area (Å²) in [6.07, 6.45) is -0.365. The van der Waals surface area contributed by atoms with E-state index in [-0.39, 0.29) is 13.1 Å². The first-order chi connectivity index (χ1) is 18.0. The average molecular weight is 553 g/mol. The summed E-state index contributed by atoms with van der Waals surface area (Å²) in [4.78, 5) is 52.5. The quantitative estimate of drug-likeness (QED) is 0.490. The van der Waals surface area contributed by atoms with Crippen molar-refractivity contribution in [2.45, 2.75) is 84.1 Å². The number of fused-ring (bicyclic) bond motifs is 1. The summed E-state index contributed by atoms with van der Waals surface area (Å²) in [5.74, 6) is -2.31. The van der Waals surface area contributed by atoms with Gasteiger partial charge in [0.1, 0.15) is 16.9 Å². The van der Waals surface area contributed by atoms with Crippen molar-refractivity contribution in [3.63, 3.8) is 0 Å². The molecule has 2 heterocycles. The molecule has 2 fully saturated rings. The van der Waals surface area contributed by atoms with Crippen molar-refractivity contribution in [3.05, 3.63) is 32.5 Å². The van der Waals surface area contributed by atoms with Gasteiger partial charge in [-0.3, -0.25) is 9.36 Å². The fourth-order valence-electron chi connectivity index (χ4n) is 4.52. The summed E-state index contributed by atoms with van der Waals surface area (Å²) in [6, 6.07) is -0.938. The first kappa shape index (κ1) is 28.2. The van der Waals surface area contributed by atoms with Gasteiger partial charge in [-0.2, -0.15) is 4.68 Å². The van der Waals surface area contributed by atoms with Gasteiger partial charge in [0, 0.05) is 19.1 Å². The number of nitrogens with one attached hydrogen (secondary N) is 2. The topological polar surface area (TPSA) is 150 Å². The van der Waals surface area contributed by atoms with Gasteiger partial charge in [-0.25, -0.2) is 28.6 Å². The van der Waals surface area contributed by atoms with E-state index < -0.39 is 80.6 Å². The minimum atomic E-state index is -1.19. The Balaban J connectivity index is 1.77. The molecule has 2 aliphatic rings. The van der Waals surface area contributed by atoms with Gasteiger partial charge < -0.3 is 25.4 Å². The number of amides is 2. The molecule has 1 saturated heterocycles. The van der Waals surface area contributed by atoms with Crippen LogP contribution < -0.4 is 32.6 Å². The second kappa shape index (κ2) is 9.72. The highest BCUT2D eigenvalue weighted by Crippen LogP contribution is 2.40. The van der Waals surface area contributed by atoms with Crippen molar-refractivity contribution in [2.75, 3.05) is 29.1 Å². The van der Waals surface area contributed by atoms with Crippen LogP contribution in [0.3, 0.4) is 0 Å². The largest absolute Gasteiger partial charge is 0.444 e. The van der Waals surface area contributed by atoms with Gasteiger partial charge in [-0.05, 0) is 60.8 Å². The van der Waals surface area contributed by atoms with Crippen molar-refractivity contribution in [1.82, 2.24) is 14.6 Å². The Morgan fingerprint density at radius 1 is 0.949 bits per heavy atom. The highest BCUT2D eigenvalue weighted by Gasteiger charge is 2.36. The Hall–Kier alpha value is -3.84. The van der Waals surface area contributed by atoms with Gasteiger partial charge in [-0.1, -0.05) is 0 Å². The molecule has 2 amide bonds. The summed E-state index contributed by atoms with van der Waals surface area (Å²) in [7, 11) is 0. The van der Waals surface area contributed by atoms with E-state index in [1.165, 1.54) is 4.90 Å². The van der Waals surface area contributed by atoms with Crippen LogP contribution in [0.4, 0.5) is 29.7 Å². The van der Waals surface area contributed by atoms with E-state index >= 15 is 8.78 Å². The fraction of sp³-hybridized carbons (Fsp3) is 0.600. The Kier molecular flexibility index (Phi) is 7.02. The summed E-state index contributed by atoms with van der Waals surface area (Å²) in [5, 5.41) is 2.12. The molecule has 1 aliphatic carbocycles. The summed E-state index contributed by atoms with van der Waals surface area (Å²) < 4.78 is 43.5. The van der Waals surface area contributed by atoms with Crippen molar-refractivity contribution in [1.29, 1.82) is 0 Å². The second-order valence-electron chi connectivity index (χ2n) is 11.8. The van der Waals surface area contributed by atoms with Crippen LogP contribution in [0.25, 0.3) is 10.9 Å². The molecule has 214 valence electrons. The molecule has 1 saturated carbocycles. The number of hydrogen-bond acceptors (Lipinski definition) is 8. The molecule has 2 aromatic rings. The van der Waals surface area contributed by atoms with Crippen molar-refractivity contribution < 1.29 is 27.8 Å². The van der Waals surface area contributed by atoms with Gasteiger partial charge in [-0.15, -0.1) is 0 Å². The average Bonchev–Trinajstić information content (AvgIpc) is 3.51. The van der Waals surface area contributed by atoms with Crippen LogP contribution in [0.15, 0.2) is 9.59 Å². The third kappa shape index (κ3) is 5.78. The third-order valence-corrected chi connectivity index (χ3v) is 6.16. The van der Waals surface area contributed by atoms with E-state index in [0.717, 1.165) is 4.57 Å². The predicted octanol–water partition coefficient (Wildman–Crippen LogP) is 2.94. The van der Waals surface area contributed by atoms with Crippen LogP contribution in [0.5, 0.6) is 0 Å². The SMILES string of the molecule is CC(C)(C)OC(=O)NC1CCN(c2c(F)c(N)c3c(=O)n(NC(=O)OC(C)(C)C)c(=O)n(C4CC4)c3c2F)C1. The predicted molar refractivity (Wildman–Crippen MR) is 141 cm³/mol. The molecule has 0 bridgehead atoms. The lowest BCUT2D eigenvalue weighted by molar-refractivity contribution is 0.0507. The summed E-state index contributed by atoms with van der Waals surface area (Å²) >= 11 is 0. The van der Waals surface area contributed by atoms with Gasteiger partial charge in [0.2, 0.25) is 0 Å². The third-order valence-electron chi connectivity index (χ3n) is 6.16. The maximum atomic E-state index is 16.1. The first-order valence-electron chi connectivity index (χ1n) is 12.7. The standard InChI is InChI=1S/C25H34F2N6O6/c1-24(2,3)38-21(35)29-12-9-10-31(11-12)19-15(26)17(28)14-18(16(19)27)32(13-7-8-13)23(37)33(20(14)34)30-22(36)39-25(4,5)6/h12-13H,7-11,28H2,1-6H3,(H,29,35)(H,30,36). The van der Waals surface area contributed by atoms with Crippen LogP contribution in [-0.4, -0.2) is 51.8 Å². The summed E-state index contributed by atoms with van der Waals surface area (Å²) in [5.41, 5.74) is 2.67. The molecule has 1 aliphatic heterocycles. The molecule has 4 N–H and O–H groups in total. The number of alkyl carbamates (subject to hydrolysis) is 1. The normalized spacial score (nSPS) is 17.8. The highest BCUT2D eigenvalue weighted by molar-refractivity contribution is 5.95. The van der Waals surface area contributed by atoms with E-state index in [9.17, 15) is 19.2 Å². The lowest BCUT2D eigenvalue weighted by atomic mass is 10.1. The number of nitrogens with zero attached hydrogens (tertiary/aromatic N) is 3. The maximum Gasteiger partial charge on any atom is 0.427 e. The lowest BCUT2D eigenvalue weighted by Gasteiger charge is -2.25. The Morgan fingerprint density at radius 3 is 2.10 bits per heavy atom. The highest BCUT2D eigenvalue weighted by atomic mass is 19.1. The van der Waals surface area contributed by atoms with E-state index in [2.05, 4.69) is 10.7 Å². The lowest BCUT2D eigenvalue weighted by Crippen LogP contribution is -2.48. The molecule has 1 atom stereocenters. The summed E-state index contributed by atoms with van der Waals surface area (Å²) in [6.45, 7) is 10.1. The zero-order valence-corrected chi connectivity index (χ0v) is 22.8. The number of nitrogen functional groups attached to an aromatic ring is 1. The number of hydrogen-bond donors (Lipinski definition) is 3. The zero-order valence-electron chi connectivity index (χ0n) is 22.8. The molecule has 0 radical (unpaired) electrons. The van der Waals surface area contributed by atoms with E-state index in [0.29, 0.717) is 23.9 Å². The number of nitrogens with two attached hydrogens (primary N) is 1. The Morgan fingerprint density at radius 2 is 1.54 bits per heavy atom. The number of halogens is 2. The van der Waals surface area contributed by atoms with Crippen LogP contribution in [-0.2, 0) is 9.47 Å². The molecule has 12 nitrogen and oxygen atoms in total. The first-order valence-corrected chi connectivity index (χ1v) is 12.7. The number of benzene rings is 1. The minimum Gasteiger partial charge on any atom is -0.444 e. The monoisotopic (exact) mass is 552 g/mol. The molecular weight excluding hydrogens is 518 g/mol. The van der Waals surface area contributed by atoms with Crippen LogP contribution >= 0.6 is 0 Å². The van der Waals surface area contributed by atoms with Crippen molar-refractivity contribution in [3.8, 4) is 0 Å². The molecule has 39 heavy (non-hydrogen) atoms.